The molecule has 2 aromatic carbocycles. The van der Waals surface area contributed by atoms with E-state index >= 15 is 0 Å². The quantitative estimate of drug-likeness (QED) is 0.473. The Balaban J connectivity index is 2.05. The minimum atomic E-state index is -4.35. The summed E-state index contributed by atoms with van der Waals surface area (Å²) in [4.78, 5) is 25.8. The van der Waals surface area contributed by atoms with E-state index in [0.717, 1.165) is 0 Å². The molecule has 1 heterocycles. The summed E-state index contributed by atoms with van der Waals surface area (Å²) >= 11 is 0. The molecule has 10 heteroatoms. The highest BCUT2D eigenvalue weighted by Gasteiger charge is 2.34. The van der Waals surface area contributed by atoms with Crippen LogP contribution in [0.1, 0.15) is 0 Å². The van der Waals surface area contributed by atoms with Gasteiger partial charge in [0.25, 0.3) is 16.0 Å². The van der Waals surface area contributed by atoms with Gasteiger partial charge in [0.2, 0.25) is 0 Å². The van der Waals surface area contributed by atoms with Gasteiger partial charge < -0.3 is 20.1 Å². The van der Waals surface area contributed by atoms with Crippen molar-refractivity contribution in [1.29, 1.82) is 0 Å². The minimum absolute atomic E-state index is 0.00602. The van der Waals surface area contributed by atoms with Crippen molar-refractivity contribution >= 4 is 38.5 Å². The van der Waals surface area contributed by atoms with Crippen LogP contribution in [0, 0.1) is 0 Å². The van der Waals surface area contributed by atoms with Crippen molar-refractivity contribution in [2.75, 3.05) is 32.1 Å². The second kappa shape index (κ2) is 7.58. The first kappa shape index (κ1) is 19.8. The number of carbonyl (C=O) groups is 2. The van der Waals surface area contributed by atoms with Crippen molar-refractivity contribution in [1.82, 2.24) is 4.90 Å². The number of hydrogen-bond acceptors (Lipinski definition) is 7. The van der Waals surface area contributed by atoms with E-state index in [0.29, 0.717) is 16.5 Å². The van der Waals surface area contributed by atoms with Crippen LogP contribution in [0.15, 0.2) is 52.6 Å². The maximum Gasteiger partial charge on any atom is 0.337 e. The molecular weight excluding hydrogens is 388 g/mol. The van der Waals surface area contributed by atoms with Crippen LogP contribution >= 0.6 is 0 Å². The molecule has 0 aliphatic carbocycles. The summed E-state index contributed by atoms with van der Waals surface area (Å²) in [7, 11) is -3.14. The number of nitrogens with one attached hydrogen (secondary N) is 1. The number of methoxy groups -OCH3 is 1. The number of β-amino-alcohol motifs (C(OH)–C–C–N with tert-alkyl or cyclic N) is 1. The number of aliphatic hydroxyl groups excluding tert-OH is 1. The van der Waals surface area contributed by atoms with Gasteiger partial charge in [0.1, 0.15) is 5.70 Å². The predicted molar refractivity (Wildman–Crippen MR) is 100 cm³/mol. The number of carbonyl (C=O) groups excluding carboxylic acids is 2. The second-order valence-electron chi connectivity index (χ2n) is 6.08. The Kier molecular flexibility index (Phi) is 5.36. The highest BCUT2D eigenvalue weighted by atomic mass is 32.2. The molecule has 148 valence electrons. The number of aliphatic hydroxyl groups is 1. The lowest BCUT2D eigenvalue weighted by atomic mass is 10.1. The molecule has 0 fully saturated rings. The molecule has 3 rings (SSSR count). The van der Waals surface area contributed by atoms with Crippen LogP contribution in [0.4, 0.5) is 5.69 Å². The van der Waals surface area contributed by atoms with E-state index in [1.54, 1.807) is 18.2 Å². The molecule has 1 aliphatic heterocycles. The van der Waals surface area contributed by atoms with Gasteiger partial charge in [0.05, 0.1) is 30.7 Å². The zero-order chi connectivity index (χ0) is 20.5. The predicted octanol–water partition coefficient (Wildman–Crippen LogP) is 0.760. The second-order valence-corrected chi connectivity index (χ2v) is 7.51. The van der Waals surface area contributed by atoms with Gasteiger partial charge in [-0.25, -0.2) is 4.79 Å². The normalized spacial score (nSPS) is 14.7. The fourth-order valence-corrected chi connectivity index (χ4v) is 3.53. The summed E-state index contributed by atoms with van der Waals surface area (Å²) in [5, 5.41) is 13.2. The Bertz CT molecular complexity index is 1090. The van der Waals surface area contributed by atoms with Crippen molar-refractivity contribution in [3.8, 4) is 0 Å². The molecule has 1 amide bonds. The number of amides is 1. The molecule has 0 saturated carbocycles. The third kappa shape index (κ3) is 3.70. The lowest BCUT2D eigenvalue weighted by Gasteiger charge is -2.15. The molecule has 2 aromatic rings. The summed E-state index contributed by atoms with van der Waals surface area (Å²) in [5.41, 5.74) is 0.633. The first-order chi connectivity index (χ1) is 13.3. The van der Waals surface area contributed by atoms with Gasteiger partial charge in [-0.05, 0) is 23.6 Å². The first-order valence-corrected chi connectivity index (χ1v) is 9.69. The van der Waals surface area contributed by atoms with Crippen LogP contribution in [0.3, 0.4) is 0 Å². The van der Waals surface area contributed by atoms with Gasteiger partial charge in [-0.15, -0.1) is 0 Å². The molecule has 0 atom stereocenters. The fraction of sp³-hybridized carbons (Fsp3) is 0.222. The van der Waals surface area contributed by atoms with Gasteiger partial charge >= 0.3 is 5.97 Å². The molecular formula is C18H18N2O7S. The van der Waals surface area contributed by atoms with E-state index in [-0.39, 0.29) is 35.9 Å². The lowest BCUT2D eigenvalue weighted by molar-refractivity contribution is -0.136. The number of hydrogen-bond donors (Lipinski definition) is 3. The van der Waals surface area contributed by atoms with E-state index in [2.05, 4.69) is 5.32 Å². The highest BCUT2D eigenvalue weighted by molar-refractivity contribution is 7.85. The zero-order valence-electron chi connectivity index (χ0n) is 14.9. The Morgan fingerprint density at radius 2 is 2.04 bits per heavy atom. The molecule has 0 spiro atoms. The number of anilines is 1. The average molecular weight is 406 g/mol. The third-order valence-corrected chi connectivity index (χ3v) is 5.21. The number of ether oxygens (including phenoxy) is 1. The standard InChI is InChI=1S/C18H18N2O7S/c1-27-18(23)14-10-20(7-8-21)17(22)16(14)19-15-4-2-3-11-9-12(28(24,25)26)5-6-13(11)15/h2-6,9,19,21H,7-8,10H2,1H3,(H,24,25,26). The molecule has 3 N–H and O–H groups in total. The lowest BCUT2D eigenvalue weighted by Crippen LogP contribution is -2.31. The Morgan fingerprint density at radius 1 is 1.29 bits per heavy atom. The van der Waals surface area contributed by atoms with E-state index in [1.807, 2.05) is 0 Å². The fourth-order valence-electron chi connectivity index (χ4n) is 3.01. The molecule has 0 aromatic heterocycles. The maximum atomic E-state index is 12.6. The largest absolute Gasteiger partial charge is 0.466 e. The van der Waals surface area contributed by atoms with E-state index in [1.165, 1.54) is 30.2 Å². The van der Waals surface area contributed by atoms with E-state index in [9.17, 15) is 22.6 Å². The van der Waals surface area contributed by atoms with Crippen molar-refractivity contribution in [3.63, 3.8) is 0 Å². The molecule has 0 saturated heterocycles. The first-order valence-electron chi connectivity index (χ1n) is 8.25. The summed E-state index contributed by atoms with van der Waals surface area (Å²) in [5.74, 6) is -1.12. The molecule has 0 radical (unpaired) electrons. The Labute approximate surface area is 161 Å². The topological polar surface area (TPSA) is 133 Å². The molecule has 1 aliphatic rings. The van der Waals surface area contributed by atoms with Crippen molar-refractivity contribution < 1.29 is 32.4 Å². The maximum absolute atomic E-state index is 12.6. The van der Waals surface area contributed by atoms with Crippen LogP contribution in [0.25, 0.3) is 10.8 Å². The number of esters is 1. The Hall–Kier alpha value is -2.95. The summed E-state index contributed by atoms with van der Waals surface area (Å²) in [6.07, 6.45) is 0. The summed E-state index contributed by atoms with van der Waals surface area (Å²) in [6.45, 7) is -0.177. The highest BCUT2D eigenvalue weighted by Crippen LogP contribution is 2.29. The SMILES string of the molecule is COC(=O)C1=C(Nc2cccc3cc(S(=O)(=O)O)ccc23)C(=O)N(CCO)C1. The van der Waals surface area contributed by atoms with Crippen molar-refractivity contribution in [3.05, 3.63) is 47.7 Å². The van der Waals surface area contributed by atoms with Crippen LogP contribution in [0.5, 0.6) is 0 Å². The van der Waals surface area contributed by atoms with Gasteiger partial charge in [0, 0.05) is 17.6 Å². The van der Waals surface area contributed by atoms with E-state index < -0.39 is 22.0 Å². The third-order valence-electron chi connectivity index (χ3n) is 4.36. The van der Waals surface area contributed by atoms with Crippen molar-refractivity contribution in [2.45, 2.75) is 4.90 Å². The molecule has 0 bridgehead atoms. The van der Waals surface area contributed by atoms with Gasteiger partial charge in [-0.1, -0.05) is 18.2 Å². The molecule has 0 unspecified atom stereocenters. The summed E-state index contributed by atoms with van der Waals surface area (Å²) < 4.78 is 36.6. The molecule has 9 nitrogen and oxygen atoms in total. The van der Waals surface area contributed by atoms with Crippen LogP contribution in [0.2, 0.25) is 0 Å². The smallest absolute Gasteiger partial charge is 0.337 e. The van der Waals surface area contributed by atoms with Crippen LogP contribution in [-0.2, 0) is 24.4 Å². The summed E-state index contributed by atoms with van der Waals surface area (Å²) in [6, 6.07) is 9.00. The number of nitrogens with zero attached hydrogens (tertiary/aromatic N) is 1. The number of benzene rings is 2. The molecule has 28 heavy (non-hydrogen) atoms. The van der Waals surface area contributed by atoms with Crippen LogP contribution in [-0.4, -0.2) is 61.7 Å². The average Bonchev–Trinajstić information content (AvgIpc) is 2.96. The number of rotatable bonds is 6. The minimum Gasteiger partial charge on any atom is -0.466 e. The van der Waals surface area contributed by atoms with Crippen molar-refractivity contribution in [2.24, 2.45) is 0 Å². The van der Waals surface area contributed by atoms with E-state index in [4.69, 9.17) is 9.84 Å². The monoisotopic (exact) mass is 406 g/mol. The zero-order valence-corrected chi connectivity index (χ0v) is 15.7. The number of fused-ring (bicyclic) bond motifs is 1. The van der Waals surface area contributed by atoms with Gasteiger partial charge in [-0.3, -0.25) is 9.35 Å². The van der Waals surface area contributed by atoms with Crippen LogP contribution < -0.4 is 5.32 Å². The van der Waals surface area contributed by atoms with Gasteiger partial charge in [0.15, 0.2) is 0 Å². The Morgan fingerprint density at radius 3 is 2.68 bits per heavy atom. The van der Waals surface area contributed by atoms with Gasteiger partial charge in [-0.2, -0.15) is 8.42 Å².